The molecule has 0 aliphatic heterocycles. The fraction of sp³-hybridized carbons (Fsp3) is 0.636. The highest BCUT2D eigenvalue weighted by Gasteiger charge is 2.14. The molecule has 3 N–H and O–H groups in total. The molecule has 1 aromatic heterocycles. The molecule has 0 spiro atoms. The standard InChI is InChI=1S/C11H21N3/c1-9(2)10(6-12)8-14(3)11-4-5-13-7-11/h4-5,7,9-10,13H,6,8,12H2,1-3H3. The summed E-state index contributed by atoms with van der Waals surface area (Å²) in [6, 6.07) is 2.08. The lowest BCUT2D eigenvalue weighted by Gasteiger charge is -2.26. The first-order valence-electron chi connectivity index (χ1n) is 5.19. The fourth-order valence-electron chi connectivity index (χ4n) is 1.57. The Morgan fingerprint density at radius 2 is 2.21 bits per heavy atom. The van der Waals surface area contributed by atoms with E-state index in [9.17, 15) is 0 Å². The monoisotopic (exact) mass is 195 g/mol. The van der Waals surface area contributed by atoms with Crippen LogP contribution in [0.25, 0.3) is 0 Å². The molecule has 1 atom stereocenters. The van der Waals surface area contributed by atoms with E-state index in [2.05, 4.69) is 36.8 Å². The minimum atomic E-state index is 0.565. The van der Waals surface area contributed by atoms with Gasteiger partial charge in [0.2, 0.25) is 0 Å². The third kappa shape index (κ3) is 2.77. The Hall–Kier alpha value is -0.960. The van der Waals surface area contributed by atoms with Crippen LogP contribution in [-0.2, 0) is 0 Å². The third-order valence-electron chi connectivity index (χ3n) is 2.78. The van der Waals surface area contributed by atoms with Crippen molar-refractivity contribution in [2.24, 2.45) is 17.6 Å². The van der Waals surface area contributed by atoms with Gasteiger partial charge in [-0.25, -0.2) is 0 Å². The maximum absolute atomic E-state index is 5.74. The largest absolute Gasteiger partial charge is 0.373 e. The average molecular weight is 195 g/mol. The van der Waals surface area contributed by atoms with Gasteiger partial charge in [0.1, 0.15) is 0 Å². The molecule has 1 unspecified atom stereocenters. The van der Waals surface area contributed by atoms with Crippen LogP contribution in [0.3, 0.4) is 0 Å². The topological polar surface area (TPSA) is 45.0 Å². The summed E-state index contributed by atoms with van der Waals surface area (Å²) < 4.78 is 0. The number of anilines is 1. The number of nitrogens with zero attached hydrogens (tertiary/aromatic N) is 1. The van der Waals surface area contributed by atoms with E-state index >= 15 is 0 Å². The minimum absolute atomic E-state index is 0.565. The van der Waals surface area contributed by atoms with E-state index in [0.717, 1.165) is 13.1 Å². The van der Waals surface area contributed by atoms with Crippen LogP contribution in [0.5, 0.6) is 0 Å². The Morgan fingerprint density at radius 1 is 1.50 bits per heavy atom. The highest BCUT2D eigenvalue weighted by atomic mass is 15.1. The summed E-state index contributed by atoms with van der Waals surface area (Å²) in [6.07, 6.45) is 3.95. The molecule has 0 aliphatic rings. The van der Waals surface area contributed by atoms with Crippen LogP contribution < -0.4 is 10.6 Å². The van der Waals surface area contributed by atoms with Gasteiger partial charge in [0.05, 0.1) is 5.69 Å². The van der Waals surface area contributed by atoms with Crippen LogP contribution in [0.4, 0.5) is 5.69 Å². The van der Waals surface area contributed by atoms with Gasteiger partial charge >= 0.3 is 0 Å². The van der Waals surface area contributed by atoms with Crippen LogP contribution in [0.1, 0.15) is 13.8 Å². The molecule has 1 aromatic rings. The van der Waals surface area contributed by atoms with E-state index in [1.54, 1.807) is 0 Å². The first-order chi connectivity index (χ1) is 6.65. The number of aromatic amines is 1. The van der Waals surface area contributed by atoms with Crippen molar-refractivity contribution in [2.75, 3.05) is 25.0 Å². The first kappa shape index (κ1) is 11.1. The van der Waals surface area contributed by atoms with Crippen molar-refractivity contribution in [3.63, 3.8) is 0 Å². The zero-order valence-electron chi connectivity index (χ0n) is 9.33. The number of aromatic nitrogens is 1. The molecule has 0 amide bonds. The van der Waals surface area contributed by atoms with Crippen molar-refractivity contribution in [3.8, 4) is 0 Å². The molecule has 0 radical (unpaired) electrons. The van der Waals surface area contributed by atoms with Gasteiger partial charge < -0.3 is 15.6 Å². The van der Waals surface area contributed by atoms with Crippen LogP contribution in [0.15, 0.2) is 18.5 Å². The number of hydrogen-bond donors (Lipinski definition) is 2. The van der Waals surface area contributed by atoms with Crippen LogP contribution in [0, 0.1) is 11.8 Å². The molecule has 0 saturated carbocycles. The van der Waals surface area contributed by atoms with Gasteiger partial charge in [-0.1, -0.05) is 13.8 Å². The van der Waals surface area contributed by atoms with Crippen LogP contribution in [-0.4, -0.2) is 25.1 Å². The van der Waals surface area contributed by atoms with Crippen molar-refractivity contribution in [1.29, 1.82) is 0 Å². The quantitative estimate of drug-likeness (QED) is 0.751. The zero-order chi connectivity index (χ0) is 10.6. The van der Waals surface area contributed by atoms with Gasteiger partial charge in [-0.15, -0.1) is 0 Å². The summed E-state index contributed by atoms with van der Waals surface area (Å²) in [5.41, 5.74) is 6.97. The highest BCUT2D eigenvalue weighted by Crippen LogP contribution is 2.16. The molecular formula is C11H21N3. The minimum Gasteiger partial charge on any atom is -0.373 e. The number of hydrogen-bond acceptors (Lipinski definition) is 2. The van der Waals surface area contributed by atoms with Gasteiger partial charge in [-0.05, 0) is 24.4 Å². The molecule has 0 saturated heterocycles. The summed E-state index contributed by atoms with van der Waals surface area (Å²) >= 11 is 0. The van der Waals surface area contributed by atoms with E-state index in [4.69, 9.17) is 5.73 Å². The van der Waals surface area contributed by atoms with Gasteiger partial charge in [-0.2, -0.15) is 0 Å². The third-order valence-corrected chi connectivity index (χ3v) is 2.78. The van der Waals surface area contributed by atoms with Crippen LogP contribution >= 0.6 is 0 Å². The van der Waals surface area contributed by atoms with E-state index in [-0.39, 0.29) is 0 Å². The summed E-state index contributed by atoms with van der Waals surface area (Å²) in [7, 11) is 2.11. The Kier molecular flexibility index (Phi) is 4.01. The Balaban J connectivity index is 2.51. The molecule has 0 aromatic carbocycles. The molecule has 0 fully saturated rings. The highest BCUT2D eigenvalue weighted by molar-refractivity contribution is 5.43. The first-order valence-corrected chi connectivity index (χ1v) is 5.19. The van der Waals surface area contributed by atoms with Crippen molar-refractivity contribution >= 4 is 5.69 Å². The average Bonchev–Trinajstić information content (AvgIpc) is 2.65. The van der Waals surface area contributed by atoms with Crippen molar-refractivity contribution in [1.82, 2.24) is 4.98 Å². The van der Waals surface area contributed by atoms with E-state index in [1.165, 1.54) is 5.69 Å². The number of nitrogens with two attached hydrogens (primary N) is 1. The Bertz CT molecular complexity index is 241. The predicted molar refractivity (Wildman–Crippen MR) is 61.4 cm³/mol. The maximum atomic E-state index is 5.74. The summed E-state index contributed by atoms with van der Waals surface area (Å²) in [5.74, 6) is 1.20. The summed E-state index contributed by atoms with van der Waals surface area (Å²) in [6.45, 7) is 6.23. The lowest BCUT2D eigenvalue weighted by Crippen LogP contribution is -2.33. The molecular weight excluding hydrogens is 174 g/mol. The van der Waals surface area contributed by atoms with Crippen molar-refractivity contribution < 1.29 is 0 Å². The second-order valence-corrected chi connectivity index (χ2v) is 4.19. The molecule has 80 valence electrons. The lowest BCUT2D eigenvalue weighted by atomic mass is 9.95. The lowest BCUT2D eigenvalue weighted by molar-refractivity contribution is 0.398. The van der Waals surface area contributed by atoms with Gasteiger partial charge in [-0.3, -0.25) is 0 Å². The normalized spacial score (nSPS) is 13.2. The molecule has 3 heteroatoms. The molecule has 1 heterocycles. The van der Waals surface area contributed by atoms with E-state index in [0.29, 0.717) is 11.8 Å². The Labute approximate surface area is 86.3 Å². The molecule has 0 bridgehead atoms. The molecule has 0 aliphatic carbocycles. The van der Waals surface area contributed by atoms with Gasteiger partial charge in [0.25, 0.3) is 0 Å². The van der Waals surface area contributed by atoms with E-state index < -0.39 is 0 Å². The van der Waals surface area contributed by atoms with Gasteiger partial charge in [0, 0.05) is 26.0 Å². The number of rotatable bonds is 5. The Morgan fingerprint density at radius 3 is 2.64 bits per heavy atom. The number of nitrogens with one attached hydrogen (secondary N) is 1. The molecule has 3 nitrogen and oxygen atoms in total. The predicted octanol–water partition coefficient (Wildman–Crippen LogP) is 1.68. The fourth-order valence-corrected chi connectivity index (χ4v) is 1.57. The summed E-state index contributed by atoms with van der Waals surface area (Å²) in [5, 5.41) is 0. The van der Waals surface area contributed by atoms with E-state index in [1.807, 2.05) is 12.4 Å². The van der Waals surface area contributed by atoms with Crippen molar-refractivity contribution in [2.45, 2.75) is 13.8 Å². The summed E-state index contributed by atoms with van der Waals surface area (Å²) in [4.78, 5) is 5.30. The SMILES string of the molecule is CC(C)C(CN)CN(C)c1cc[nH]c1. The molecule has 1 rings (SSSR count). The number of H-pyrrole nitrogens is 1. The molecule has 14 heavy (non-hydrogen) atoms. The second-order valence-electron chi connectivity index (χ2n) is 4.19. The van der Waals surface area contributed by atoms with Crippen LogP contribution in [0.2, 0.25) is 0 Å². The zero-order valence-corrected chi connectivity index (χ0v) is 9.33. The van der Waals surface area contributed by atoms with Crippen molar-refractivity contribution in [3.05, 3.63) is 18.5 Å². The maximum Gasteiger partial charge on any atom is 0.0541 e. The second kappa shape index (κ2) is 5.05. The van der Waals surface area contributed by atoms with Gasteiger partial charge in [0.15, 0.2) is 0 Å². The smallest absolute Gasteiger partial charge is 0.0541 e.